The maximum Gasteiger partial charge on any atom is 0.259 e. The van der Waals surface area contributed by atoms with Crippen molar-refractivity contribution in [3.05, 3.63) is 46.8 Å². The summed E-state index contributed by atoms with van der Waals surface area (Å²) in [6, 6.07) is 6.44. The number of amides is 1. The Hall–Kier alpha value is -2.10. The predicted octanol–water partition coefficient (Wildman–Crippen LogP) is 5.04. The van der Waals surface area contributed by atoms with Crippen molar-refractivity contribution in [1.82, 2.24) is 9.78 Å². The number of aryl methyl sites for hydroxylation is 1. The molecule has 2 bridgehead atoms. The van der Waals surface area contributed by atoms with Gasteiger partial charge in [0.25, 0.3) is 5.91 Å². The minimum atomic E-state index is -0.0425. The number of carbonyl (C=O) groups excluding carboxylic acids is 1. The van der Waals surface area contributed by atoms with E-state index in [9.17, 15) is 4.79 Å². The molecular formula is C22H29N3O. The van der Waals surface area contributed by atoms with E-state index in [1.54, 1.807) is 4.68 Å². The van der Waals surface area contributed by atoms with Crippen LogP contribution in [0.5, 0.6) is 0 Å². The Kier molecular flexibility index (Phi) is 4.17. The largest absolute Gasteiger partial charge is 0.322 e. The molecule has 3 unspecified atom stereocenters. The predicted molar refractivity (Wildman–Crippen MR) is 105 cm³/mol. The zero-order chi connectivity index (χ0) is 18.6. The highest BCUT2D eigenvalue weighted by Crippen LogP contribution is 2.61. The summed E-state index contributed by atoms with van der Waals surface area (Å²) in [6.07, 6.45) is 4.37. The Morgan fingerprint density at radius 2 is 1.92 bits per heavy atom. The number of hydrogen-bond donors (Lipinski definition) is 1. The van der Waals surface area contributed by atoms with Gasteiger partial charge in [-0.3, -0.25) is 9.48 Å². The van der Waals surface area contributed by atoms with Gasteiger partial charge in [-0.2, -0.15) is 5.10 Å². The maximum absolute atomic E-state index is 13.0. The quantitative estimate of drug-likeness (QED) is 0.838. The van der Waals surface area contributed by atoms with Crippen molar-refractivity contribution >= 4 is 11.6 Å². The zero-order valence-corrected chi connectivity index (χ0v) is 16.4. The van der Waals surface area contributed by atoms with Gasteiger partial charge in [-0.15, -0.1) is 0 Å². The molecule has 3 atom stereocenters. The summed E-state index contributed by atoms with van der Waals surface area (Å²) in [7, 11) is 1.87. The first kappa shape index (κ1) is 17.3. The monoisotopic (exact) mass is 351 g/mol. The third kappa shape index (κ3) is 2.58. The standard InChI is InChI=1S/C22H29N3O/c1-12(2)19-15-9-10-16(19)20-14(15)7-6-8-18(20)23-22(26)17-11-25(5)24-21(17)13(3)4/h6-8,11-13,15-16,19H,9-10H2,1-5H3,(H,23,26). The summed E-state index contributed by atoms with van der Waals surface area (Å²) in [4.78, 5) is 13.0. The molecule has 1 N–H and O–H groups in total. The highest BCUT2D eigenvalue weighted by molar-refractivity contribution is 6.05. The Bertz CT molecular complexity index is 849. The van der Waals surface area contributed by atoms with E-state index in [1.165, 1.54) is 24.0 Å². The second-order valence-electron chi connectivity index (χ2n) is 8.63. The first-order chi connectivity index (χ1) is 12.4. The summed E-state index contributed by atoms with van der Waals surface area (Å²) in [5, 5.41) is 7.69. The highest BCUT2D eigenvalue weighted by Gasteiger charge is 2.47. The minimum absolute atomic E-state index is 0.0425. The van der Waals surface area contributed by atoms with Gasteiger partial charge in [0.2, 0.25) is 0 Å². The van der Waals surface area contributed by atoms with Gasteiger partial charge in [-0.25, -0.2) is 0 Å². The number of fused-ring (bicyclic) bond motifs is 5. The molecule has 1 fully saturated rings. The average Bonchev–Trinajstić information content (AvgIpc) is 3.26. The van der Waals surface area contributed by atoms with Crippen LogP contribution in [0.2, 0.25) is 0 Å². The molecule has 4 heteroatoms. The van der Waals surface area contributed by atoms with Crippen molar-refractivity contribution in [2.75, 3.05) is 5.32 Å². The second kappa shape index (κ2) is 6.26. The molecule has 1 saturated carbocycles. The highest BCUT2D eigenvalue weighted by atomic mass is 16.1. The molecule has 0 aliphatic heterocycles. The molecule has 2 aromatic rings. The molecule has 1 amide bonds. The number of hydrogen-bond acceptors (Lipinski definition) is 2. The molecule has 1 heterocycles. The summed E-state index contributed by atoms with van der Waals surface area (Å²) in [5.74, 6) is 2.82. The van der Waals surface area contributed by atoms with Gasteiger partial charge in [-0.05, 0) is 59.6 Å². The molecule has 138 valence electrons. The van der Waals surface area contributed by atoms with Gasteiger partial charge < -0.3 is 5.32 Å². The average molecular weight is 351 g/mol. The molecular weight excluding hydrogens is 322 g/mol. The van der Waals surface area contributed by atoms with Gasteiger partial charge >= 0.3 is 0 Å². The number of anilines is 1. The van der Waals surface area contributed by atoms with Gasteiger partial charge in [0.1, 0.15) is 0 Å². The lowest BCUT2D eigenvalue weighted by atomic mass is 9.85. The van der Waals surface area contributed by atoms with Crippen LogP contribution in [0.3, 0.4) is 0 Å². The van der Waals surface area contributed by atoms with Crippen LogP contribution < -0.4 is 5.32 Å². The molecule has 26 heavy (non-hydrogen) atoms. The summed E-state index contributed by atoms with van der Waals surface area (Å²) >= 11 is 0. The van der Waals surface area contributed by atoms with Gasteiger partial charge in [-0.1, -0.05) is 39.8 Å². The second-order valence-corrected chi connectivity index (χ2v) is 8.63. The van der Waals surface area contributed by atoms with Crippen LogP contribution in [-0.2, 0) is 7.05 Å². The Balaban J connectivity index is 1.67. The number of rotatable bonds is 4. The lowest BCUT2D eigenvalue weighted by molar-refractivity contribution is 0.102. The Labute approximate surface area is 156 Å². The zero-order valence-electron chi connectivity index (χ0n) is 16.4. The van der Waals surface area contributed by atoms with E-state index in [4.69, 9.17) is 0 Å². The summed E-state index contributed by atoms with van der Waals surface area (Å²) < 4.78 is 1.73. The number of aromatic nitrogens is 2. The summed E-state index contributed by atoms with van der Waals surface area (Å²) in [6.45, 7) is 8.83. The first-order valence-corrected chi connectivity index (χ1v) is 9.86. The van der Waals surface area contributed by atoms with Crippen LogP contribution in [0.1, 0.15) is 85.5 Å². The molecule has 0 saturated heterocycles. The maximum atomic E-state index is 13.0. The lowest BCUT2D eigenvalue weighted by Gasteiger charge is -2.21. The smallest absolute Gasteiger partial charge is 0.259 e. The third-order valence-corrected chi connectivity index (χ3v) is 6.29. The van der Waals surface area contributed by atoms with Crippen LogP contribution in [0.25, 0.3) is 0 Å². The van der Waals surface area contributed by atoms with Crippen LogP contribution in [0.15, 0.2) is 24.4 Å². The lowest BCUT2D eigenvalue weighted by Crippen LogP contribution is -2.16. The molecule has 1 aromatic carbocycles. The molecule has 0 radical (unpaired) electrons. The fourth-order valence-electron chi connectivity index (χ4n) is 5.38. The van der Waals surface area contributed by atoms with Crippen LogP contribution >= 0.6 is 0 Å². The Morgan fingerprint density at radius 3 is 2.62 bits per heavy atom. The number of nitrogens with one attached hydrogen (secondary N) is 1. The van der Waals surface area contributed by atoms with E-state index in [1.807, 2.05) is 13.2 Å². The van der Waals surface area contributed by atoms with Crippen LogP contribution in [0, 0.1) is 11.8 Å². The van der Waals surface area contributed by atoms with Gasteiger partial charge in [0.15, 0.2) is 0 Å². The molecule has 2 aliphatic rings. The third-order valence-electron chi connectivity index (χ3n) is 6.29. The molecule has 4 nitrogen and oxygen atoms in total. The molecule has 1 aromatic heterocycles. The van der Waals surface area contributed by atoms with Gasteiger partial charge in [0, 0.05) is 18.9 Å². The number of carbonyl (C=O) groups is 1. The van der Waals surface area contributed by atoms with E-state index in [2.05, 4.69) is 56.3 Å². The normalized spacial score (nSPS) is 23.7. The van der Waals surface area contributed by atoms with Crippen LogP contribution in [-0.4, -0.2) is 15.7 Å². The Morgan fingerprint density at radius 1 is 1.19 bits per heavy atom. The first-order valence-electron chi connectivity index (χ1n) is 9.86. The van der Waals surface area contributed by atoms with Crippen LogP contribution in [0.4, 0.5) is 5.69 Å². The van der Waals surface area contributed by atoms with Crippen molar-refractivity contribution < 1.29 is 4.79 Å². The molecule has 4 rings (SSSR count). The van der Waals surface area contributed by atoms with Crippen molar-refractivity contribution in [3.63, 3.8) is 0 Å². The van der Waals surface area contributed by atoms with Crippen molar-refractivity contribution in [2.24, 2.45) is 18.9 Å². The van der Waals surface area contributed by atoms with Crippen molar-refractivity contribution in [2.45, 2.75) is 58.3 Å². The fraction of sp³-hybridized carbons (Fsp3) is 0.545. The number of nitrogens with zero attached hydrogens (tertiary/aromatic N) is 2. The summed E-state index contributed by atoms with van der Waals surface area (Å²) in [5.41, 5.74) is 5.41. The molecule has 2 aliphatic carbocycles. The van der Waals surface area contributed by atoms with E-state index in [-0.39, 0.29) is 11.8 Å². The van der Waals surface area contributed by atoms with Crippen molar-refractivity contribution in [1.29, 1.82) is 0 Å². The van der Waals surface area contributed by atoms with Gasteiger partial charge in [0.05, 0.1) is 11.3 Å². The molecule has 0 spiro atoms. The van der Waals surface area contributed by atoms with Crippen molar-refractivity contribution in [3.8, 4) is 0 Å². The topological polar surface area (TPSA) is 46.9 Å². The van der Waals surface area contributed by atoms with E-state index in [0.717, 1.165) is 11.4 Å². The van der Waals surface area contributed by atoms with E-state index in [0.29, 0.717) is 29.2 Å². The minimum Gasteiger partial charge on any atom is -0.322 e. The van der Waals surface area contributed by atoms with E-state index < -0.39 is 0 Å². The SMILES string of the molecule is CC(C)c1nn(C)cc1C(=O)Nc1cccc2c1C1CCC2C1C(C)C. The number of benzene rings is 1. The fourth-order valence-corrected chi connectivity index (χ4v) is 5.38. The van der Waals surface area contributed by atoms with E-state index >= 15 is 0 Å².